The molecule has 0 aliphatic carbocycles. The van der Waals surface area contributed by atoms with E-state index in [1.165, 1.54) is 22.5 Å². The number of nitrogens with one attached hydrogen (secondary N) is 1. The van der Waals surface area contributed by atoms with Gasteiger partial charge in [-0.3, -0.25) is 4.79 Å². The van der Waals surface area contributed by atoms with Gasteiger partial charge in [0.15, 0.2) is 0 Å². The van der Waals surface area contributed by atoms with E-state index in [2.05, 4.69) is 5.32 Å². The molecule has 0 spiro atoms. The minimum Gasteiger partial charge on any atom is -0.326 e. The molecule has 1 saturated heterocycles. The van der Waals surface area contributed by atoms with Gasteiger partial charge in [-0.1, -0.05) is 40.9 Å². The number of benzene rings is 2. The van der Waals surface area contributed by atoms with Gasteiger partial charge in [-0.2, -0.15) is 0 Å². The Labute approximate surface area is 183 Å². The van der Waals surface area contributed by atoms with E-state index in [1.807, 2.05) is 0 Å². The summed E-state index contributed by atoms with van der Waals surface area (Å²) in [7, 11) is -3.75. The number of carbonyl (C=O) groups excluding carboxylic acids is 1. The molecule has 1 N–H and O–H groups in total. The highest BCUT2D eigenvalue weighted by Crippen LogP contribution is 2.28. The minimum atomic E-state index is -3.75. The monoisotopic (exact) mass is 478 g/mol. The number of carbonyl (C=O) groups is 1. The molecule has 1 heterocycles. The number of sulfonamides is 1. The van der Waals surface area contributed by atoms with Crippen molar-refractivity contribution in [3.8, 4) is 0 Å². The van der Waals surface area contributed by atoms with Gasteiger partial charge in [0.25, 0.3) is 0 Å². The quantitative estimate of drug-likeness (QED) is 0.659. The maximum Gasteiger partial charge on any atom is 0.227 e. The lowest BCUT2D eigenvalue weighted by Crippen LogP contribution is -2.42. The molecular formula is C19H18Cl3FN2O3S. The second-order valence-electron chi connectivity index (χ2n) is 6.75. The van der Waals surface area contributed by atoms with E-state index in [1.54, 1.807) is 18.2 Å². The van der Waals surface area contributed by atoms with E-state index in [-0.39, 0.29) is 35.5 Å². The normalized spacial score (nSPS) is 16.0. The molecule has 29 heavy (non-hydrogen) atoms. The third-order valence-corrected chi connectivity index (χ3v) is 7.69. The SMILES string of the molecule is O=C(Nc1ccc(Cl)c(Cl)c1)C1CCN(S(=O)(=O)Cc2c(F)cccc2Cl)CC1. The standard InChI is InChI=1S/C19H18Cl3FN2O3S/c20-15-2-1-3-18(23)14(15)11-29(27,28)25-8-6-12(7-9-25)19(26)24-13-4-5-16(21)17(22)10-13/h1-5,10,12H,6-9,11H2,(H,24,26). The zero-order chi connectivity index (χ0) is 21.2. The molecule has 0 unspecified atom stereocenters. The third kappa shape index (κ3) is 5.41. The van der Waals surface area contributed by atoms with Gasteiger partial charge in [0.2, 0.25) is 15.9 Å². The Balaban J connectivity index is 1.60. The molecule has 1 aliphatic rings. The van der Waals surface area contributed by atoms with Crippen LogP contribution in [0.5, 0.6) is 0 Å². The molecule has 2 aromatic carbocycles. The fraction of sp³-hybridized carbons (Fsp3) is 0.316. The van der Waals surface area contributed by atoms with Crippen LogP contribution in [0.3, 0.4) is 0 Å². The Morgan fingerprint density at radius 3 is 2.38 bits per heavy atom. The first-order chi connectivity index (χ1) is 13.7. The highest BCUT2D eigenvalue weighted by Gasteiger charge is 2.32. The molecule has 0 aromatic heterocycles. The summed E-state index contributed by atoms with van der Waals surface area (Å²) in [6.45, 7) is 0.349. The first-order valence-corrected chi connectivity index (χ1v) is 11.6. The van der Waals surface area contributed by atoms with Gasteiger partial charge >= 0.3 is 0 Å². The smallest absolute Gasteiger partial charge is 0.227 e. The van der Waals surface area contributed by atoms with Gasteiger partial charge in [0.05, 0.1) is 15.8 Å². The molecule has 0 radical (unpaired) electrons. The average molecular weight is 480 g/mol. The predicted octanol–water partition coefficient (Wildman–Crippen LogP) is 4.97. The number of anilines is 1. The lowest BCUT2D eigenvalue weighted by molar-refractivity contribution is -0.120. The van der Waals surface area contributed by atoms with E-state index in [4.69, 9.17) is 34.8 Å². The lowest BCUT2D eigenvalue weighted by Gasteiger charge is -2.30. The predicted molar refractivity (Wildman–Crippen MR) is 113 cm³/mol. The van der Waals surface area contributed by atoms with Crippen molar-refractivity contribution in [3.05, 3.63) is 62.8 Å². The number of nitrogens with zero attached hydrogens (tertiary/aromatic N) is 1. The molecule has 2 aromatic rings. The number of rotatable bonds is 5. The van der Waals surface area contributed by atoms with Gasteiger partial charge in [0, 0.05) is 35.3 Å². The fourth-order valence-corrected chi connectivity index (χ4v) is 5.37. The molecule has 1 amide bonds. The van der Waals surface area contributed by atoms with E-state index in [9.17, 15) is 17.6 Å². The summed E-state index contributed by atoms with van der Waals surface area (Å²) in [5.74, 6) is -1.72. The van der Waals surface area contributed by atoms with Crippen molar-refractivity contribution in [3.63, 3.8) is 0 Å². The molecule has 0 bridgehead atoms. The molecule has 5 nitrogen and oxygen atoms in total. The van der Waals surface area contributed by atoms with E-state index < -0.39 is 21.6 Å². The van der Waals surface area contributed by atoms with Crippen molar-refractivity contribution in [1.82, 2.24) is 4.31 Å². The Kier molecular flexibility index (Phi) is 7.06. The summed E-state index contributed by atoms with van der Waals surface area (Å²) in [6.07, 6.45) is 0.717. The zero-order valence-corrected chi connectivity index (χ0v) is 18.3. The number of piperidine rings is 1. The minimum absolute atomic E-state index is 0.0475. The van der Waals surface area contributed by atoms with E-state index in [0.29, 0.717) is 28.6 Å². The summed E-state index contributed by atoms with van der Waals surface area (Å²) in [5, 5.41) is 3.56. The number of halogens is 4. The second kappa shape index (κ2) is 9.18. The van der Waals surface area contributed by atoms with Crippen molar-refractivity contribution < 1.29 is 17.6 Å². The van der Waals surface area contributed by atoms with Crippen molar-refractivity contribution in [1.29, 1.82) is 0 Å². The van der Waals surface area contributed by atoms with Crippen LogP contribution < -0.4 is 5.32 Å². The highest BCUT2D eigenvalue weighted by atomic mass is 35.5. The summed E-state index contributed by atoms with van der Waals surface area (Å²) < 4.78 is 40.6. The molecule has 0 atom stereocenters. The number of hydrogen-bond acceptors (Lipinski definition) is 3. The number of amides is 1. The maximum absolute atomic E-state index is 13.9. The first kappa shape index (κ1) is 22.3. The topological polar surface area (TPSA) is 66.5 Å². The summed E-state index contributed by atoms with van der Waals surface area (Å²) >= 11 is 17.8. The molecule has 156 valence electrons. The molecule has 1 fully saturated rings. The lowest BCUT2D eigenvalue weighted by atomic mass is 9.97. The van der Waals surface area contributed by atoms with E-state index >= 15 is 0 Å². The van der Waals surface area contributed by atoms with Crippen LogP contribution >= 0.6 is 34.8 Å². The van der Waals surface area contributed by atoms with Crippen LogP contribution in [-0.4, -0.2) is 31.7 Å². The largest absolute Gasteiger partial charge is 0.326 e. The Bertz CT molecular complexity index is 1010. The van der Waals surface area contributed by atoms with Crippen molar-refractivity contribution >= 4 is 56.4 Å². The van der Waals surface area contributed by atoms with Crippen molar-refractivity contribution in [2.24, 2.45) is 5.92 Å². The molecule has 3 rings (SSSR count). The summed E-state index contributed by atoms with van der Waals surface area (Å²) in [5.41, 5.74) is 0.474. The third-order valence-electron chi connectivity index (χ3n) is 4.79. The fourth-order valence-electron chi connectivity index (χ4n) is 3.16. The van der Waals surface area contributed by atoms with Crippen LogP contribution in [0.15, 0.2) is 36.4 Å². The maximum atomic E-state index is 13.9. The van der Waals surface area contributed by atoms with Gasteiger partial charge in [-0.25, -0.2) is 17.1 Å². The van der Waals surface area contributed by atoms with Crippen LogP contribution in [0.4, 0.5) is 10.1 Å². The summed E-state index contributed by atoms with van der Waals surface area (Å²) in [4.78, 5) is 12.5. The highest BCUT2D eigenvalue weighted by molar-refractivity contribution is 7.88. The van der Waals surface area contributed by atoms with Gasteiger partial charge in [-0.15, -0.1) is 0 Å². The van der Waals surface area contributed by atoms with Crippen LogP contribution in [0.25, 0.3) is 0 Å². The van der Waals surface area contributed by atoms with Crippen molar-refractivity contribution in [2.75, 3.05) is 18.4 Å². The van der Waals surface area contributed by atoms with Crippen molar-refractivity contribution in [2.45, 2.75) is 18.6 Å². The number of hydrogen-bond donors (Lipinski definition) is 1. The van der Waals surface area contributed by atoms with Gasteiger partial charge in [0.1, 0.15) is 5.82 Å². The first-order valence-electron chi connectivity index (χ1n) is 8.84. The summed E-state index contributed by atoms with van der Waals surface area (Å²) in [6, 6.07) is 8.84. The second-order valence-corrected chi connectivity index (χ2v) is 9.94. The molecular weight excluding hydrogens is 462 g/mol. The Morgan fingerprint density at radius 2 is 1.76 bits per heavy atom. The average Bonchev–Trinajstić information content (AvgIpc) is 2.68. The molecule has 1 aliphatic heterocycles. The van der Waals surface area contributed by atoms with Crippen LogP contribution in [0.2, 0.25) is 15.1 Å². The Morgan fingerprint density at radius 1 is 1.07 bits per heavy atom. The molecule has 10 heteroatoms. The van der Waals surface area contributed by atoms with Crippen LogP contribution in [0.1, 0.15) is 18.4 Å². The van der Waals surface area contributed by atoms with Crippen LogP contribution in [0, 0.1) is 11.7 Å². The van der Waals surface area contributed by atoms with E-state index in [0.717, 1.165) is 0 Å². The van der Waals surface area contributed by atoms with Gasteiger partial charge in [-0.05, 0) is 43.2 Å². The zero-order valence-electron chi connectivity index (χ0n) is 15.2. The van der Waals surface area contributed by atoms with Gasteiger partial charge < -0.3 is 5.32 Å². The molecule has 0 saturated carbocycles. The Hall–Kier alpha value is -1.38. The van der Waals surface area contributed by atoms with Crippen LogP contribution in [-0.2, 0) is 20.6 Å².